The van der Waals surface area contributed by atoms with Gasteiger partial charge in [0.05, 0.1) is 0 Å². The van der Waals surface area contributed by atoms with Crippen LogP contribution in [0, 0.1) is 5.41 Å². The molecule has 0 saturated heterocycles. The molecule has 0 fully saturated rings. The van der Waals surface area contributed by atoms with E-state index in [0.29, 0.717) is 17.5 Å². The number of amides is 1. The Hall–Kier alpha value is -1.91. The van der Waals surface area contributed by atoms with Gasteiger partial charge >= 0.3 is 5.97 Å². The van der Waals surface area contributed by atoms with Gasteiger partial charge in [-0.1, -0.05) is 27.2 Å². The molecule has 1 amide bonds. The molecule has 0 bridgehead atoms. The van der Waals surface area contributed by atoms with Crippen molar-refractivity contribution in [1.29, 1.82) is 0 Å². The summed E-state index contributed by atoms with van der Waals surface area (Å²) in [5.74, 6) is -1.39. The molecule has 110 valence electrons. The van der Waals surface area contributed by atoms with Gasteiger partial charge in [-0.25, -0.2) is 9.78 Å². The Morgan fingerprint density at radius 1 is 1.30 bits per heavy atom. The summed E-state index contributed by atoms with van der Waals surface area (Å²) in [7, 11) is 0. The summed E-state index contributed by atoms with van der Waals surface area (Å²) in [6.45, 7) is 7.17. The minimum Gasteiger partial charge on any atom is -0.477 e. The van der Waals surface area contributed by atoms with Crippen LogP contribution in [0.5, 0.6) is 0 Å². The van der Waals surface area contributed by atoms with Gasteiger partial charge in [-0.15, -0.1) is 0 Å². The molecule has 0 unspecified atom stereocenters. The van der Waals surface area contributed by atoms with Crippen molar-refractivity contribution in [1.82, 2.24) is 10.3 Å². The highest BCUT2D eigenvalue weighted by Gasteiger charge is 2.11. The van der Waals surface area contributed by atoms with Crippen molar-refractivity contribution < 1.29 is 14.7 Å². The van der Waals surface area contributed by atoms with E-state index in [-0.39, 0.29) is 11.6 Å². The van der Waals surface area contributed by atoms with Crippen molar-refractivity contribution in [2.75, 3.05) is 6.54 Å². The van der Waals surface area contributed by atoms with E-state index < -0.39 is 5.97 Å². The van der Waals surface area contributed by atoms with Crippen LogP contribution in [0.25, 0.3) is 0 Å². The molecular formula is C15H22N2O3. The maximum absolute atomic E-state index is 11.8. The summed E-state index contributed by atoms with van der Waals surface area (Å²) in [6.07, 6.45) is 4.42. The lowest BCUT2D eigenvalue weighted by Crippen LogP contribution is -2.25. The van der Waals surface area contributed by atoms with E-state index in [1.54, 1.807) is 0 Å². The third-order valence-electron chi connectivity index (χ3n) is 2.88. The molecule has 0 aliphatic carbocycles. The molecule has 1 heterocycles. The van der Waals surface area contributed by atoms with Gasteiger partial charge in [0.25, 0.3) is 5.91 Å². The average Bonchev–Trinajstić information content (AvgIpc) is 2.37. The fraction of sp³-hybridized carbons (Fsp3) is 0.533. The second-order valence-corrected chi connectivity index (χ2v) is 6.01. The molecule has 20 heavy (non-hydrogen) atoms. The van der Waals surface area contributed by atoms with Crippen LogP contribution in [0.1, 0.15) is 60.9 Å². The maximum atomic E-state index is 11.8. The van der Waals surface area contributed by atoms with E-state index in [1.807, 2.05) is 0 Å². The van der Waals surface area contributed by atoms with Gasteiger partial charge in [0.2, 0.25) is 0 Å². The molecule has 0 aliphatic heterocycles. The van der Waals surface area contributed by atoms with Crippen LogP contribution in [-0.4, -0.2) is 28.5 Å². The molecule has 2 N–H and O–H groups in total. The predicted octanol–water partition coefficient (Wildman–Crippen LogP) is 2.73. The molecule has 1 rings (SSSR count). The van der Waals surface area contributed by atoms with E-state index in [9.17, 15) is 9.59 Å². The van der Waals surface area contributed by atoms with E-state index in [1.165, 1.54) is 18.3 Å². The SMILES string of the molecule is CC(C)(C)CCCCNC(=O)c1ccnc(C(=O)O)c1. The molecule has 0 spiro atoms. The first kappa shape index (κ1) is 16.1. The van der Waals surface area contributed by atoms with E-state index in [4.69, 9.17) is 5.11 Å². The van der Waals surface area contributed by atoms with E-state index in [2.05, 4.69) is 31.1 Å². The lowest BCUT2D eigenvalue weighted by molar-refractivity contribution is 0.0690. The van der Waals surface area contributed by atoms with Crippen molar-refractivity contribution in [3.8, 4) is 0 Å². The molecule has 0 aliphatic rings. The Morgan fingerprint density at radius 2 is 2.00 bits per heavy atom. The minimum absolute atomic E-state index is 0.120. The number of pyridine rings is 1. The first-order valence-electron chi connectivity index (χ1n) is 6.77. The number of aromatic carboxylic acids is 1. The Labute approximate surface area is 119 Å². The Balaban J connectivity index is 2.40. The summed E-state index contributed by atoms with van der Waals surface area (Å²) in [4.78, 5) is 26.3. The monoisotopic (exact) mass is 278 g/mol. The summed E-state index contributed by atoms with van der Waals surface area (Å²) < 4.78 is 0. The molecule has 5 nitrogen and oxygen atoms in total. The standard InChI is InChI=1S/C15H22N2O3/c1-15(2,3)7-4-5-8-17-13(18)11-6-9-16-12(10-11)14(19)20/h6,9-10H,4-5,7-8H2,1-3H3,(H,17,18)(H,19,20). The van der Waals surface area contributed by atoms with Crippen molar-refractivity contribution in [3.63, 3.8) is 0 Å². The molecule has 5 heteroatoms. The Bertz CT molecular complexity index is 478. The highest BCUT2D eigenvalue weighted by molar-refractivity contribution is 5.96. The van der Waals surface area contributed by atoms with Crippen LogP contribution in [0.3, 0.4) is 0 Å². The maximum Gasteiger partial charge on any atom is 0.354 e. The van der Waals surface area contributed by atoms with Gasteiger partial charge in [0.15, 0.2) is 0 Å². The van der Waals surface area contributed by atoms with Crippen molar-refractivity contribution >= 4 is 11.9 Å². The molecule has 0 saturated carbocycles. The number of carboxylic acids is 1. The lowest BCUT2D eigenvalue weighted by atomic mass is 9.90. The van der Waals surface area contributed by atoms with Gasteiger partial charge in [0.1, 0.15) is 5.69 Å². The Kier molecular flexibility index (Phi) is 5.67. The van der Waals surface area contributed by atoms with Crippen LogP contribution in [0.15, 0.2) is 18.3 Å². The topological polar surface area (TPSA) is 79.3 Å². The van der Waals surface area contributed by atoms with E-state index >= 15 is 0 Å². The van der Waals surface area contributed by atoms with Crippen LogP contribution >= 0.6 is 0 Å². The van der Waals surface area contributed by atoms with Crippen LogP contribution < -0.4 is 5.32 Å². The first-order chi connectivity index (χ1) is 9.29. The fourth-order valence-electron chi connectivity index (χ4n) is 1.77. The molecule has 0 atom stereocenters. The molecule has 0 radical (unpaired) electrons. The van der Waals surface area contributed by atoms with Gasteiger partial charge in [0, 0.05) is 18.3 Å². The van der Waals surface area contributed by atoms with Crippen LogP contribution in [0.2, 0.25) is 0 Å². The van der Waals surface area contributed by atoms with Gasteiger partial charge < -0.3 is 10.4 Å². The highest BCUT2D eigenvalue weighted by Crippen LogP contribution is 2.21. The highest BCUT2D eigenvalue weighted by atomic mass is 16.4. The summed E-state index contributed by atoms with van der Waals surface area (Å²) in [5.41, 5.74) is 0.518. The van der Waals surface area contributed by atoms with Crippen LogP contribution in [0.4, 0.5) is 0 Å². The lowest BCUT2D eigenvalue weighted by Gasteiger charge is -2.17. The summed E-state index contributed by atoms with van der Waals surface area (Å²) >= 11 is 0. The Morgan fingerprint density at radius 3 is 2.60 bits per heavy atom. The number of unbranched alkanes of at least 4 members (excludes halogenated alkanes) is 1. The number of nitrogens with zero attached hydrogens (tertiary/aromatic N) is 1. The zero-order valence-corrected chi connectivity index (χ0v) is 12.3. The first-order valence-corrected chi connectivity index (χ1v) is 6.77. The smallest absolute Gasteiger partial charge is 0.354 e. The molecule has 0 aromatic carbocycles. The second-order valence-electron chi connectivity index (χ2n) is 6.01. The predicted molar refractivity (Wildman–Crippen MR) is 76.8 cm³/mol. The summed E-state index contributed by atoms with van der Waals surface area (Å²) in [6, 6.07) is 2.80. The third-order valence-corrected chi connectivity index (χ3v) is 2.88. The van der Waals surface area contributed by atoms with Crippen LogP contribution in [-0.2, 0) is 0 Å². The van der Waals surface area contributed by atoms with Crippen molar-refractivity contribution in [2.45, 2.75) is 40.0 Å². The molecular weight excluding hydrogens is 256 g/mol. The minimum atomic E-state index is -1.13. The number of aromatic nitrogens is 1. The van der Waals surface area contributed by atoms with Gasteiger partial charge in [-0.2, -0.15) is 0 Å². The van der Waals surface area contributed by atoms with Crippen molar-refractivity contribution in [2.24, 2.45) is 5.41 Å². The largest absolute Gasteiger partial charge is 0.477 e. The molecule has 1 aromatic heterocycles. The number of carbonyl (C=O) groups is 2. The quantitative estimate of drug-likeness (QED) is 0.784. The number of carbonyl (C=O) groups excluding carboxylic acids is 1. The second kappa shape index (κ2) is 7.03. The number of hydrogen-bond acceptors (Lipinski definition) is 3. The fourth-order valence-corrected chi connectivity index (χ4v) is 1.77. The van der Waals surface area contributed by atoms with E-state index in [0.717, 1.165) is 19.3 Å². The van der Waals surface area contributed by atoms with Crippen molar-refractivity contribution in [3.05, 3.63) is 29.6 Å². The third kappa shape index (κ3) is 5.82. The number of carboxylic acid groups (broad SMARTS) is 1. The number of rotatable bonds is 6. The average molecular weight is 278 g/mol. The summed E-state index contributed by atoms with van der Waals surface area (Å²) in [5, 5.41) is 11.6. The van der Waals surface area contributed by atoms with Gasteiger partial charge in [-0.05, 0) is 30.4 Å². The van der Waals surface area contributed by atoms with Gasteiger partial charge in [-0.3, -0.25) is 4.79 Å². The number of hydrogen-bond donors (Lipinski definition) is 2. The normalized spacial score (nSPS) is 11.2. The zero-order chi connectivity index (χ0) is 15.2. The number of nitrogens with one attached hydrogen (secondary N) is 1. The zero-order valence-electron chi connectivity index (χ0n) is 12.3. The molecule has 1 aromatic rings.